The number of esters is 2. The van der Waals surface area contributed by atoms with Crippen LogP contribution in [0.5, 0.6) is 0 Å². The maximum Gasteiger partial charge on any atom is 1.00 e. The van der Waals surface area contributed by atoms with Crippen molar-refractivity contribution in [2.45, 2.75) is 413 Å². The van der Waals surface area contributed by atoms with Gasteiger partial charge in [0.25, 0.3) is 11.8 Å². The zero-order chi connectivity index (χ0) is 83.3. The quantitative estimate of drug-likeness (QED) is 0.0116. The van der Waals surface area contributed by atoms with Gasteiger partial charge in [-0.15, -0.1) is 0 Å². The second kappa shape index (κ2) is 83.6. The van der Waals surface area contributed by atoms with Crippen LogP contribution in [0.3, 0.4) is 0 Å². The predicted octanol–water partition coefficient (Wildman–Crippen LogP) is 16.8. The van der Waals surface area contributed by atoms with Gasteiger partial charge in [0.2, 0.25) is 11.8 Å². The van der Waals surface area contributed by atoms with E-state index in [1.807, 2.05) is 0 Å². The summed E-state index contributed by atoms with van der Waals surface area (Å²) in [6.45, 7) is 11.2. The van der Waals surface area contributed by atoms with Crippen molar-refractivity contribution in [2.75, 3.05) is 65.9 Å². The number of allylic oxidation sites excluding steroid dienone is 4. The van der Waals surface area contributed by atoms with Crippen molar-refractivity contribution in [3.05, 3.63) is 59.7 Å². The molecule has 0 spiro atoms. The van der Waals surface area contributed by atoms with Crippen molar-refractivity contribution in [2.24, 2.45) is 0 Å². The number of phosphoric acid groups is 2. The molecule has 0 aromatic heterocycles. The van der Waals surface area contributed by atoms with E-state index in [2.05, 4.69) is 87.1 Å². The number of phosphoric ester groups is 2. The molecule has 0 heterocycles. The number of amides is 4. The molecular weight excluding hydrogens is 1530 g/mol. The van der Waals surface area contributed by atoms with Crippen LogP contribution in [0.15, 0.2) is 48.6 Å². The smallest absolute Gasteiger partial charge is 1.00 e. The van der Waals surface area contributed by atoms with E-state index in [-0.39, 0.29) is 161 Å². The van der Waals surface area contributed by atoms with E-state index in [4.69, 9.17) is 37.0 Å². The molecule has 1 aromatic rings. The van der Waals surface area contributed by atoms with Gasteiger partial charge in [0, 0.05) is 51.6 Å². The first-order valence-corrected chi connectivity index (χ1v) is 48.7. The first-order valence-electron chi connectivity index (χ1n) is 45.7. The molecular formula is C90H166N4Na2O18P2. The number of hydrogen-bond acceptors (Lipinski definition) is 16. The van der Waals surface area contributed by atoms with E-state index in [1.54, 1.807) is 12.1 Å². The maximum atomic E-state index is 13.6. The maximum absolute atomic E-state index is 13.6. The first kappa shape index (κ1) is 116. The van der Waals surface area contributed by atoms with Crippen molar-refractivity contribution in [3.63, 3.8) is 0 Å². The monoisotopic (exact) mass is 1700 g/mol. The van der Waals surface area contributed by atoms with Crippen molar-refractivity contribution in [1.82, 2.24) is 21.3 Å². The number of unbranched alkanes of at least 4 members (excludes halogenated alkanes) is 38. The molecule has 22 nitrogen and oxygen atoms in total. The number of rotatable bonds is 84. The number of hydrogen-bond donors (Lipinski definition) is 6. The van der Waals surface area contributed by atoms with E-state index in [0.717, 1.165) is 128 Å². The third kappa shape index (κ3) is 73.2. The standard InChI is InChI=1S/C90H164N4O18P2.2Na.2H/c1-7-13-19-25-29-33-35-39-41-47-53-63-85(95)93-79(75-105-71-67-81(59-51-45-23-17-11-5)111-87(97)65-55-49-43-37-31-27-21-15-9-3)77-109-113(101,102)107-73-69-91-89(99)83-61-57-58-62-84(83)90(100)92-70-74-108-114(103,104)110-78-80(94-86(96)64-54-48-42-40-36-34-30-26-20-14-8-2)76-106-72-68-82(60-52-46-24-18-12-6)112-88(98)66-56-50-44-38-32-28-22-16-10-4;;;;/h37-38,43-44,57-58,61-62,79-82H,7-36,39-42,45-56,59-60,63-78H2,1-6H3,(H,91,99)(H,92,100)(H,93,95)(H,94,96)(H,101,102)(H,103,104);;;;/q;2*+1;2*-1/b43-37-,44-38-;;;;/t79-,80?,81-,82-;;;;/m1..../s1. The summed E-state index contributed by atoms with van der Waals surface area (Å²) in [5.41, 5.74) is -0.0733. The fraction of sp³-hybridized carbons (Fsp3) is 0.822. The second-order valence-corrected chi connectivity index (χ2v) is 34.0. The van der Waals surface area contributed by atoms with Crippen LogP contribution in [0.1, 0.15) is 412 Å². The SMILES string of the molecule is CCCCCC/C=C\CCCC(=O)O[C@H](CCCCCCC)CCOCC(COP(=O)(O)OCCNC(=O)c1ccccc1C(=O)NCCOP(=O)(O)OC[C@@H](COCC[C@@H](CCCCCCC)OC(=O)CCC/C=C\CCCCCC)NC(=O)CCCCCCCCCCCCC)NC(=O)CCCCCCCCCCCCC.[H-].[H-].[Na+].[Na+]. The Morgan fingerprint density at radius 3 is 0.957 bits per heavy atom. The fourth-order valence-corrected chi connectivity index (χ4v) is 14.9. The minimum Gasteiger partial charge on any atom is -1.00 e. The largest absolute Gasteiger partial charge is 1.00 e. The number of nitrogens with one attached hydrogen (secondary N) is 4. The van der Waals surface area contributed by atoms with Gasteiger partial charge in [-0.2, -0.15) is 0 Å². The van der Waals surface area contributed by atoms with Gasteiger partial charge in [-0.05, 0) is 102 Å². The predicted molar refractivity (Wildman–Crippen MR) is 464 cm³/mol. The zero-order valence-corrected chi connectivity index (χ0v) is 80.3. The van der Waals surface area contributed by atoms with Crippen LogP contribution in [-0.2, 0) is 65.4 Å². The van der Waals surface area contributed by atoms with Crippen LogP contribution in [0.25, 0.3) is 0 Å². The average Bonchev–Trinajstić information content (AvgIpc) is 0.843. The summed E-state index contributed by atoms with van der Waals surface area (Å²) in [6, 6.07) is 4.28. The number of benzene rings is 1. The summed E-state index contributed by atoms with van der Waals surface area (Å²) in [7, 11) is -9.54. The third-order valence-corrected chi connectivity index (χ3v) is 22.2. The zero-order valence-electron chi connectivity index (χ0n) is 76.5. The normalized spacial score (nSPS) is 13.6. The molecule has 0 saturated heterocycles. The summed E-state index contributed by atoms with van der Waals surface area (Å²) >= 11 is 0. The molecule has 666 valence electrons. The Morgan fingerprint density at radius 2 is 0.638 bits per heavy atom. The average molecular weight is 1700 g/mol. The Hall–Kier alpha value is -2.34. The Kier molecular flexibility index (Phi) is 83.3. The first-order chi connectivity index (χ1) is 55.4. The molecule has 1 rings (SSSR count). The van der Waals surface area contributed by atoms with Gasteiger partial charge >= 0.3 is 86.7 Å². The van der Waals surface area contributed by atoms with Crippen LogP contribution in [-0.4, -0.2) is 136 Å². The van der Waals surface area contributed by atoms with Crippen molar-refractivity contribution in [3.8, 4) is 0 Å². The second-order valence-electron chi connectivity index (χ2n) is 31.1. The van der Waals surface area contributed by atoms with Gasteiger partial charge < -0.3 is 52.9 Å². The molecule has 116 heavy (non-hydrogen) atoms. The fourth-order valence-electron chi connectivity index (χ4n) is 13.3. The molecule has 4 amide bonds. The van der Waals surface area contributed by atoms with E-state index in [9.17, 15) is 47.7 Å². The van der Waals surface area contributed by atoms with Crippen molar-refractivity contribution in [1.29, 1.82) is 0 Å². The van der Waals surface area contributed by atoms with E-state index in [1.165, 1.54) is 153 Å². The Balaban J connectivity index is -0.0000162. The molecule has 6 N–H and O–H groups in total. The summed E-state index contributed by atoms with van der Waals surface area (Å²) in [5, 5.41) is 11.1. The van der Waals surface area contributed by atoms with Crippen molar-refractivity contribution >= 4 is 51.2 Å². The molecule has 0 bridgehead atoms. The number of carbonyl (C=O) groups excluding carboxylic acids is 6. The van der Waals surface area contributed by atoms with E-state index in [0.29, 0.717) is 64.2 Å². The molecule has 6 atom stereocenters. The van der Waals surface area contributed by atoms with Gasteiger partial charge in [-0.3, -0.25) is 46.9 Å². The van der Waals surface area contributed by atoms with Gasteiger partial charge in [-0.1, -0.05) is 296 Å². The Labute approximate surface area is 751 Å². The summed E-state index contributed by atoms with van der Waals surface area (Å²) in [6.07, 6.45) is 61.9. The van der Waals surface area contributed by atoms with Gasteiger partial charge in [0.1, 0.15) is 12.2 Å². The van der Waals surface area contributed by atoms with Crippen molar-refractivity contribution < 1.29 is 147 Å². The minimum absolute atomic E-state index is 0. The molecule has 26 heteroatoms. The van der Waals surface area contributed by atoms with Crippen LogP contribution < -0.4 is 80.4 Å². The Bertz CT molecular complexity index is 2520. The molecule has 3 unspecified atom stereocenters. The van der Waals surface area contributed by atoms with E-state index >= 15 is 0 Å². The van der Waals surface area contributed by atoms with Crippen LogP contribution in [0.2, 0.25) is 0 Å². The molecule has 1 aromatic carbocycles. The van der Waals surface area contributed by atoms with Gasteiger partial charge in [0.15, 0.2) is 0 Å². The van der Waals surface area contributed by atoms with Crippen LogP contribution >= 0.6 is 15.6 Å². The Morgan fingerprint density at radius 1 is 0.353 bits per heavy atom. The molecule has 0 fully saturated rings. The van der Waals surface area contributed by atoms with E-state index < -0.39 is 66.0 Å². The summed E-state index contributed by atoms with van der Waals surface area (Å²) < 4.78 is 72.2. The summed E-state index contributed by atoms with van der Waals surface area (Å²) in [4.78, 5) is 102. The molecule has 0 saturated carbocycles. The summed E-state index contributed by atoms with van der Waals surface area (Å²) in [5.74, 6) is -2.37. The van der Waals surface area contributed by atoms with Gasteiger partial charge in [-0.25, -0.2) is 9.13 Å². The molecule has 0 aliphatic rings. The topological polar surface area (TPSA) is 299 Å². The molecule has 0 radical (unpaired) electrons. The molecule has 0 aliphatic heterocycles. The van der Waals surface area contributed by atoms with Crippen LogP contribution in [0.4, 0.5) is 0 Å². The van der Waals surface area contributed by atoms with Crippen LogP contribution in [0, 0.1) is 0 Å². The number of carbonyl (C=O) groups is 6. The number of ether oxygens (including phenoxy) is 4. The molecule has 0 aliphatic carbocycles. The van der Waals surface area contributed by atoms with Gasteiger partial charge in [0.05, 0.1) is 76.1 Å². The minimum atomic E-state index is -4.77. The third-order valence-electron chi connectivity index (χ3n) is 20.3.